The number of halogens is 1. The van der Waals surface area contributed by atoms with Gasteiger partial charge < -0.3 is 4.74 Å². The number of methoxy groups -OCH3 is 1. The molecule has 0 aromatic heterocycles. The lowest BCUT2D eigenvalue weighted by atomic mass is 10.0. The number of rotatable bonds is 2. The summed E-state index contributed by atoms with van der Waals surface area (Å²) in [6, 6.07) is 9.05. The van der Waals surface area contributed by atoms with E-state index < -0.39 is 0 Å². The Kier molecular flexibility index (Phi) is 3.16. The molecule has 0 aliphatic heterocycles. The van der Waals surface area contributed by atoms with Crippen LogP contribution in [0.3, 0.4) is 0 Å². The number of carbonyl (C=O) groups excluding carboxylic acids is 1. The number of benzene rings is 2. The standard InChI is InChI=1S/C14H11ClO2/c1-3-9-6-11(14(16)17-2)7-10-4-5-12(15)8-13(9)10/h3-8H,1H2,2H3. The van der Waals surface area contributed by atoms with E-state index in [2.05, 4.69) is 6.58 Å². The van der Waals surface area contributed by atoms with E-state index in [0.29, 0.717) is 10.6 Å². The van der Waals surface area contributed by atoms with Gasteiger partial charge in [-0.3, -0.25) is 0 Å². The van der Waals surface area contributed by atoms with Crippen LogP contribution in [0.2, 0.25) is 5.02 Å². The second-order valence-electron chi connectivity index (χ2n) is 3.63. The minimum Gasteiger partial charge on any atom is -0.465 e. The van der Waals surface area contributed by atoms with Crippen LogP contribution in [-0.2, 0) is 4.74 Å². The molecule has 2 aromatic rings. The fraction of sp³-hybridized carbons (Fsp3) is 0.0714. The third kappa shape index (κ3) is 2.17. The second kappa shape index (κ2) is 4.60. The minimum absolute atomic E-state index is 0.357. The molecule has 0 saturated heterocycles. The van der Waals surface area contributed by atoms with Crippen LogP contribution < -0.4 is 0 Å². The fourth-order valence-electron chi connectivity index (χ4n) is 1.76. The van der Waals surface area contributed by atoms with Crippen molar-refractivity contribution in [1.82, 2.24) is 0 Å². The lowest BCUT2D eigenvalue weighted by Gasteiger charge is -2.06. The zero-order valence-electron chi connectivity index (χ0n) is 9.37. The number of hydrogen-bond donors (Lipinski definition) is 0. The Morgan fingerprint density at radius 2 is 2.12 bits per heavy atom. The Labute approximate surface area is 104 Å². The Balaban J connectivity index is 2.74. The quantitative estimate of drug-likeness (QED) is 0.751. The van der Waals surface area contributed by atoms with Crippen molar-refractivity contribution in [2.24, 2.45) is 0 Å². The molecule has 2 aromatic carbocycles. The maximum Gasteiger partial charge on any atom is 0.337 e. The van der Waals surface area contributed by atoms with Crippen molar-refractivity contribution in [3.63, 3.8) is 0 Å². The van der Waals surface area contributed by atoms with Crippen molar-refractivity contribution in [2.45, 2.75) is 0 Å². The molecule has 0 radical (unpaired) electrons. The molecule has 0 saturated carbocycles. The number of esters is 1. The van der Waals surface area contributed by atoms with Crippen LogP contribution in [0.5, 0.6) is 0 Å². The smallest absolute Gasteiger partial charge is 0.337 e. The predicted octanol–water partition coefficient (Wildman–Crippen LogP) is 3.92. The molecule has 0 spiro atoms. The summed E-state index contributed by atoms with van der Waals surface area (Å²) in [5.41, 5.74) is 1.38. The third-order valence-corrected chi connectivity index (χ3v) is 2.82. The van der Waals surface area contributed by atoms with Gasteiger partial charge in [-0.05, 0) is 40.6 Å². The van der Waals surface area contributed by atoms with Gasteiger partial charge in [-0.15, -0.1) is 0 Å². The molecule has 2 rings (SSSR count). The van der Waals surface area contributed by atoms with Crippen molar-refractivity contribution < 1.29 is 9.53 Å². The van der Waals surface area contributed by atoms with Crippen LogP contribution in [-0.4, -0.2) is 13.1 Å². The van der Waals surface area contributed by atoms with Crippen molar-refractivity contribution in [3.05, 3.63) is 53.1 Å². The van der Waals surface area contributed by atoms with Gasteiger partial charge in [-0.2, -0.15) is 0 Å². The largest absolute Gasteiger partial charge is 0.465 e. The highest BCUT2D eigenvalue weighted by Crippen LogP contribution is 2.25. The van der Waals surface area contributed by atoms with Gasteiger partial charge in [0.05, 0.1) is 12.7 Å². The molecule has 0 N–H and O–H groups in total. The minimum atomic E-state index is -0.357. The summed E-state index contributed by atoms with van der Waals surface area (Å²) in [4.78, 5) is 11.5. The highest BCUT2D eigenvalue weighted by molar-refractivity contribution is 6.31. The predicted molar refractivity (Wildman–Crippen MR) is 70.4 cm³/mol. The van der Waals surface area contributed by atoms with Crippen LogP contribution >= 0.6 is 11.6 Å². The van der Waals surface area contributed by atoms with Gasteiger partial charge >= 0.3 is 5.97 Å². The maximum absolute atomic E-state index is 11.5. The fourth-order valence-corrected chi connectivity index (χ4v) is 1.94. The number of hydrogen-bond acceptors (Lipinski definition) is 2. The summed E-state index contributed by atoms with van der Waals surface area (Å²) < 4.78 is 4.71. The molecule has 17 heavy (non-hydrogen) atoms. The maximum atomic E-state index is 11.5. The Morgan fingerprint density at radius 1 is 1.35 bits per heavy atom. The first-order chi connectivity index (χ1) is 8.15. The van der Waals surface area contributed by atoms with Crippen molar-refractivity contribution >= 4 is 34.4 Å². The average Bonchev–Trinajstić information content (AvgIpc) is 2.36. The van der Waals surface area contributed by atoms with E-state index in [1.807, 2.05) is 12.1 Å². The van der Waals surface area contributed by atoms with E-state index in [9.17, 15) is 4.79 Å². The topological polar surface area (TPSA) is 26.3 Å². The Hall–Kier alpha value is -1.80. The summed E-state index contributed by atoms with van der Waals surface area (Å²) in [6.45, 7) is 3.74. The van der Waals surface area contributed by atoms with E-state index in [0.717, 1.165) is 16.3 Å². The van der Waals surface area contributed by atoms with Crippen molar-refractivity contribution in [3.8, 4) is 0 Å². The Morgan fingerprint density at radius 3 is 2.76 bits per heavy atom. The van der Waals surface area contributed by atoms with Gasteiger partial charge in [0.15, 0.2) is 0 Å². The van der Waals surface area contributed by atoms with Crippen LogP contribution in [0.4, 0.5) is 0 Å². The number of carbonyl (C=O) groups is 1. The average molecular weight is 247 g/mol. The molecule has 86 valence electrons. The van der Waals surface area contributed by atoms with E-state index in [1.165, 1.54) is 7.11 Å². The number of fused-ring (bicyclic) bond motifs is 1. The third-order valence-electron chi connectivity index (χ3n) is 2.59. The normalized spacial score (nSPS) is 10.2. The summed E-state index contributed by atoms with van der Waals surface area (Å²) in [5.74, 6) is -0.357. The molecule has 0 amide bonds. The lowest BCUT2D eigenvalue weighted by molar-refractivity contribution is 0.0601. The van der Waals surface area contributed by atoms with Gasteiger partial charge in [-0.1, -0.05) is 30.3 Å². The SMILES string of the molecule is C=Cc1cc(C(=O)OC)cc2ccc(Cl)cc12. The molecule has 0 bridgehead atoms. The Bertz CT molecular complexity index is 602. The number of ether oxygens (including phenoxy) is 1. The molecule has 0 fully saturated rings. The molecule has 2 nitrogen and oxygen atoms in total. The van der Waals surface area contributed by atoms with Crippen LogP contribution in [0, 0.1) is 0 Å². The van der Waals surface area contributed by atoms with E-state index in [1.54, 1.807) is 24.3 Å². The zero-order valence-corrected chi connectivity index (χ0v) is 10.1. The molecule has 3 heteroatoms. The first-order valence-corrected chi connectivity index (χ1v) is 5.47. The van der Waals surface area contributed by atoms with E-state index >= 15 is 0 Å². The summed E-state index contributed by atoms with van der Waals surface area (Å²) >= 11 is 5.95. The summed E-state index contributed by atoms with van der Waals surface area (Å²) in [6.07, 6.45) is 1.70. The summed E-state index contributed by atoms with van der Waals surface area (Å²) in [7, 11) is 1.36. The van der Waals surface area contributed by atoms with Crippen LogP contribution in [0.15, 0.2) is 36.9 Å². The highest BCUT2D eigenvalue weighted by Gasteiger charge is 2.09. The first kappa shape index (κ1) is 11.7. The van der Waals surface area contributed by atoms with Crippen molar-refractivity contribution in [2.75, 3.05) is 7.11 Å². The van der Waals surface area contributed by atoms with E-state index in [-0.39, 0.29) is 5.97 Å². The van der Waals surface area contributed by atoms with Gasteiger partial charge in [0.25, 0.3) is 0 Å². The summed E-state index contributed by atoms with van der Waals surface area (Å²) in [5, 5.41) is 2.57. The van der Waals surface area contributed by atoms with Crippen LogP contribution in [0.25, 0.3) is 16.8 Å². The van der Waals surface area contributed by atoms with Gasteiger partial charge in [0.2, 0.25) is 0 Å². The second-order valence-corrected chi connectivity index (χ2v) is 4.06. The van der Waals surface area contributed by atoms with E-state index in [4.69, 9.17) is 16.3 Å². The van der Waals surface area contributed by atoms with Gasteiger partial charge in [-0.25, -0.2) is 4.79 Å². The molecule has 0 unspecified atom stereocenters. The zero-order chi connectivity index (χ0) is 12.4. The van der Waals surface area contributed by atoms with Crippen molar-refractivity contribution in [1.29, 1.82) is 0 Å². The highest BCUT2D eigenvalue weighted by atomic mass is 35.5. The molecule has 0 aliphatic rings. The monoisotopic (exact) mass is 246 g/mol. The molecular formula is C14H11ClO2. The van der Waals surface area contributed by atoms with Gasteiger partial charge in [0.1, 0.15) is 0 Å². The molecular weight excluding hydrogens is 236 g/mol. The van der Waals surface area contributed by atoms with Gasteiger partial charge in [0, 0.05) is 5.02 Å². The first-order valence-electron chi connectivity index (χ1n) is 5.10. The molecule has 0 atom stereocenters. The molecule has 0 aliphatic carbocycles. The lowest BCUT2D eigenvalue weighted by Crippen LogP contribution is -2.01. The molecule has 0 heterocycles. The van der Waals surface area contributed by atoms with Crippen LogP contribution in [0.1, 0.15) is 15.9 Å².